The van der Waals surface area contributed by atoms with E-state index in [1.807, 2.05) is 18.2 Å². The monoisotopic (exact) mass is 419 g/mol. The van der Waals surface area contributed by atoms with E-state index in [0.29, 0.717) is 18.4 Å². The molecular weight excluding hydrogens is 394 g/mol. The predicted octanol–water partition coefficient (Wildman–Crippen LogP) is 3.87. The topological polar surface area (TPSA) is 49.8 Å². The molecule has 1 aliphatic heterocycles. The molecule has 1 heterocycles. The Kier molecular flexibility index (Phi) is 7.38. The van der Waals surface area contributed by atoms with Gasteiger partial charge in [-0.25, -0.2) is 0 Å². The van der Waals surface area contributed by atoms with Gasteiger partial charge in [-0.1, -0.05) is 30.3 Å². The molecule has 0 aliphatic carbocycles. The van der Waals surface area contributed by atoms with Crippen LogP contribution in [0.1, 0.15) is 35.2 Å². The summed E-state index contributed by atoms with van der Waals surface area (Å²) in [4.78, 5) is 14.8. The number of aliphatic hydroxyl groups is 1. The van der Waals surface area contributed by atoms with E-state index < -0.39 is 5.60 Å². The molecule has 0 radical (unpaired) electrons. The summed E-state index contributed by atoms with van der Waals surface area (Å²) in [5.74, 6) is 0.714. The molecular formula is C21H26BrNO3. The number of carbonyl (C=O) groups is 1. The largest absolute Gasteiger partial charge is 0.497 e. The average Bonchev–Trinajstić information content (AvgIpc) is 2.64. The fraction of sp³-hybridized carbons (Fsp3) is 0.381. The first-order valence-corrected chi connectivity index (χ1v) is 8.74. The first-order valence-electron chi connectivity index (χ1n) is 8.74. The number of rotatable bonds is 6. The number of hydrogen-bond donors (Lipinski definition) is 1. The molecule has 0 aromatic heterocycles. The summed E-state index contributed by atoms with van der Waals surface area (Å²) in [5.41, 5.74) is 1.01. The third kappa shape index (κ3) is 5.40. The highest BCUT2D eigenvalue weighted by Gasteiger charge is 2.34. The maximum Gasteiger partial charge on any atom is 0.165 e. The maximum absolute atomic E-state index is 12.5. The van der Waals surface area contributed by atoms with Crippen molar-refractivity contribution in [3.63, 3.8) is 0 Å². The summed E-state index contributed by atoms with van der Waals surface area (Å²) in [7, 11) is 1.60. The van der Waals surface area contributed by atoms with E-state index in [2.05, 4.69) is 17.0 Å². The zero-order valence-corrected chi connectivity index (χ0v) is 16.8. The molecule has 140 valence electrons. The zero-order chi connectivity index (χ0) is 17.7. The standard InChI is InChI=1S/C21H25NO3.BrH/c1-25-19-9-7-18(8-10-19)20(23)15-21(24)11-13-22(14-12-21)16-17-5-3-2-4-6-17;/h2-10,24H,11-16H2,1H3;1H. The second kappa shape index (κ2) is 9.31. The Hall–Kier alpha value is -1.69. The van der Waals surface area contributed by atoms with Crippen LogP contribution in [-0.2, 0) is 6.54 Å². The molecule has 1 fully saturated rings. The fourth-order valence-electron chi connectivity index (χ4n) is 3.32. The molecule has 0 unspecified atom stereocenters. The second-order valence-corrected chi connectivity index (χ2v) is 6.81. The first-order chi connectivity index (χ1) is 12.1. The van der Waals surface area contributed by atoms with Gasteiger partial charge in [0, 0.05) is 31.6 Å². The fourth-order valence-corrected chi connectivity index (χ4v) is 3.32. The Morgan fingerprint density at radius 3 is 2.27 bits per heavy atom. The van der Waals surface area contributed by atoms with E-state index >= 15 is 0 Å². The number of likely N-dealkylation sites (tertiary alicyclic amines) is 1. The summed E-state index contributed by atoms with van der Waals surface area (Å²) < 4.78 is 5.11. The molecule has 2 aromatic carbocycles. The van der Waals surface area contributed by atoms with Gasteiger partial charge in [0.05, 0.1) is 12.7 Å². The van der Waals surface area contributed by atoms with Crippen molar-refractivity contribution in [1.82, 2.24) is 4.90 Å². The van der Waals surface area contributed by atoms with Crippen molar-refractivity contribution in [1.29, 1.82) is 0 Å². The predicted molar refractivity (Wildman–Crippen MR) is 108 cm³/mol. The van der Waals surface area contributed by atoms with E-state index in [1.165, 1.54) is 5.56 Å². The maximum atomic E-state index is 12.5. The molecule has 5 heteroatoms. The van der Waals surface area contributed by atoms with E-state index in [4.69, 9.17) is 4.74 Å². The van der Waals surface area contributed by atoms with Crippen LogP contribution in [0.25, 0.3) is 0 Å². The summed E-state index contributed by atoms with van der Waals surface area (Å²) in [5, 5.41) is 10.8. The molecule has 0 atom stereocenters. The van der Waals surface area contributed by atoms with Gasteiger partial charge in [0.15, 0.2) is 5.78 Å². The van der Waals surface area contributed by atoms with Crippen molar-refractivity contribution in [2.45, 2.75) is 31.4 Å². The molecule has 4 nitrogen and oxygen atoms in total. The van der Waals surface area contributed by atoms with Crippen molar-refractivity contribution < 1.29 is 14.6 Å². The Morgan fingerprint density at radius 2 is 1.69 bits per heavy atom. The lowest BCUT2D eigenvalue weighted by atomic mass is 9.85. The van der Waals surface area contributed by atoms with Gasteiger partial charge in [-0.05, 0) is 42.7 Å². The molecule has 0 spiro atoms. The van der Waals surface area contributed by atoms with Crippen LogP contribution >= 0.6 is 17.0 Å². The molecule has 2 aromatic rings. The van der Waals surface area contributed by atoms with Crippen molar-refractivity contribution in [2.24, 2.45) is 0 Å². The summed E-state index contributed by atoms with van der Waals surface area (Å²) >= 11 is 0. The molecule has 1 saturated heterocycles. The number of benzene rings is 2. The van der Waals surface area contributed by atoms with Gasteiger partial charge in [0.2, 0.25) is 0 Å². The number of piperidine rings is 1. The second-order valence-electron chi connectivity index (χ2n) is 6.81. The quantitative estimate of drug-likeness (QED) is 0.721. The highest BCUT2D eigenvalue weighted by molar-refractivity contribution is 8.93. The van der Waals surface area contributed by atoms with Gasteiger partial charge in [-0.2, -0.15) is 0 Å². The number of nitrogens with zero attached hydrogens (tertiary/aromatic N) is 1. The van der Waals surface area contributed by atoms with Crippen LogP contribution in [0.5, 0.6) is 5.75 Å². The van der Waals surface area contributed by atoms with E-state index in [-0.39, 0.29) is 29.2 Å². The van der Waals surface area contributed by atoms with Crippen molar-refractivity contribution in [3.05, 3.63) is 65.7 Å². The summed E-state index contributed by atoms with van der Waals surface area (Å²) in [6.07, 6.45) is 1.43. The minimum Gasteiger partial charge on any atom is -0.497 e. The number of hydrogen-bond acceptors (Lipinski definition) is 4. The van der Waals surface area contributed by atoms with Crippen LogP contribution in [0.15, 0.2) is 54.6 Å². The summed E-state index contributed by atoms with van der Waals surface area (Å²) in [6.45, 7) is 2.51. The Bertz CT molecular complexity index is 695. The van der Waals surface area contributed by atoms with Gasteiger partial charge in [-0.15, -0.1) is 17.0 Å². The van der Waals surface area contributed by atoms with E-state index in [9.17, 15) is 9.90 Å². The molecule has 1 N–H and O–H groups in total. The summed E-state index contributed by atoms with van der Waals surface area (Å²) in [6, 6.07) is 17.4. The Balaban J connectivity index is 0.00000243. The van der Waals surface area contributed by atoms with Crippen LogP contribution in [-0.4, -0.2) is 41.6 Å². The van der Waals surface area contributed by atoms with Gasteiger partial charge in [0.1, 0.15) is 5.75 Å². The number of methoxy groups -OCH3 is 1. The zero-order valence-electron chi connectivity index (χ0n) is 15.1. The third-order valence-electron chi connectivity index (χ3n) is 4.94. The highest BCUT2D eigenvalue weighted by atomic mass is 79.9. The van der Waals surface area contributed by atoms with E-state index in [0.717, 1.165) is 25.4 Å². The normalized spacial score (nSPS) is 16.5. The lowest BCUT2D eigenvalue weighted by Crippen LogP contribution is -2.45. The smallest absolute Gasteiger partial charge is 0.165 e. The Morgan fingerprint density at radius 1 is 1.08 bits per heavy atom. The van der Waals surface area contributed by atoms with Crippen LogP contribution in [0.2, 0.25) is 0 Å². The molecule has 0 bridgehead atoms. The van der Waals surface area contributed by atoms with Crippen LogP contribution in [0.4, 0.5) is 0 Å². The van der Waals surface area contributed by atoms with Crippen molar-refractivity contribution in [3.8, 4) is 5.75 Å². The molecule has 26 heavy (non-hydrogen) atoms. The van der Waals surface area contributed by atoms with Crippen LogP contribution < -0.4 is 4.74 Å². The molecule has 0 saturated carbocycles. The molecule has 3 rings (SSSR count). The third-order valence-corrected chi connectivity index (χ3v) is 4.94. The van der Waals surface area contributed by atoms with Gasteiger partial charge in [-0.3, -0.25) is 9.69 Å². The number of carbonyl (C=O) groups excluding carboxylic acids is 1. The SMILES string of the molecule is Br.COc1ccc(C(=O)CC2(O)CCN(Cc3ccccc3)CC2)cc1. The highest BCUT2D eigenvalue weighted by Crippen LogP contribution is 2.28. The molecule has 0 amide bonds. The number of ketones is 1. The first kappa shape index (κ1) is 20.6. The number of ether oxygens (including phenoxy) is 1. The molecule has 1 aliphatic rings. The lowest BCUT2D eigenvalue weighted by molar-refractivity contribution is -0.0241. The van der Waals surface area contributed by atoms with E-state index in [1.54, 1.807) is 31.4 Å². The Labute approximate surface area is 165 Å². The number of halogens is 1. The van der Waals surface area contributed by atoms with Crippen LogP contribution in [0.3, 0.4) is 0 Å². The van der Waals surface area contributed by atoms with Crippen molar-refractivity contribution in [2.75, 3.05) is 20.2 Å². The minimum absolute atomic E-state index is 0. The number of Topliss-reactive ketones (excluding diaryl/α,β-unsaturated/α-hetero) is 1. The van der Waals surface area contributed by atoms with Gasteiger partial charge in [0.25, 0.3) is 0 Å². The van der Waals surface area contributed by atoms with Gasteiger partial charge >= 0.3 is 0 Å². The van der Waals surface area contributed by atoms with Crippen molar-refractivity contribution >= 4 is 22.8 Å². The minimum atomic E-state index is -0.899. The lowest BCUT2D eigenvalue weighted by Gasteiger charge is -2.38. The van der Waals surface area contributed by atoms with Crippen LogP contribution in [0, 0.1) is 0 Å². The van der Waals surface area contributed by atoms with Gasteiger partial charge < -0.3 is 9.84 Å². The average molecular weight is 420 g/mol.